The molecule has 0 spiro atoms. The quantitative estimate of drug-likeness (QED) is 0.817. The van der Waals surface area contributed by atoms with Crippen molar-refractivity contribution < 1.29 is 14.3 Å². The Bertz CT molecular complexity index is 614. The molecule has 3 heterocycles. The lowest BCUT2D eigenvalue weighted by Crippen LogP contribution is -2.58. The summed E-state index contributed by atoms with van der Waals surface area (Å²) < 4.78 is 9.28. The average Bonchev–Trinajstić information content (AvgIpc) is 3.22. The minimum Gasteiger partial charge on any atom is -0.378 e. The third-order valence-electron chi connectivity index (χ3n) is 4.88. The van der Waals surface area contributed by atoms with Crippen LogP contribution in [0.25, 0.3) is 0 Å². The molecule has 1 aromatic rings. The first-order chi connectivity index (χ1) is 11.6. The van der Waals surface area contributed by atoms with E-state index in [4.69, 9.17) is 4.74 Å². The molecule has 0 aliphatic carbocycles. The summed E-state index contributed by atoms with van der Waals surface area (Å²) in [5, 5.41) is 4.09. The van der Waals surface area contributed by atoms with Gasteiger partial charge in [-0.25, -0.2) is 0 Å². The van der Waals surface area contributed by atoms with Gasteiger partial charge in [0.2, 0.25) is 5.91 Å². The van der Waals surface area contributed by atoms with Crippen LogP contribution >= 0.6 is 11.5 Å². The van der Waals surface area contributed by atoms with Crippen molar-refractivity contribution in [2.75, 3.05) is 32.8 Å². The summed E-state index contributed by atoms with van der Waals surface area (Å²) in [5.74, 6) is -0.0683. The van der Waals surface area contributed by atoms with Gasteiger partial charge in [0.15, 0.2) is 0 Å². The molecule has 7 nitrogen and oxygen atoms in total. The molecule has 3 rings (SSSR count). The van der Waals surface area contributed by atoms with Crippen molar-refractivity contribution >= 4 is 23.3 Å². The van der Waals surface area contributed by atoms with E-state index in [2.05, 4.69) is 16.5 Å². The maximum Gasteiger partial charge on any atom is 0.268 e. The zero-order chi connectivity index (χ0) is 17.2. The number of carbonyl (C=O) groups is 2. The van der Waals surface area contributed by atoms with Crippen LogP contribution in [0, 0.1) is 0 Å². The molecule has 24 heavy (non-hydrogen) atoms. The van der Waals surface area contributed by atoms with Gasteiger partial charge in [-0.3, -0.25) is 9.59 Å². The van der Waals surface area contributed by atoms with Gasteiger partial charge in [-0.2, -0.15) is 0 Å². The molecule has 0 N–H and O–H groups in total. The molecule has 1 aromatic heterocycles. The molecule has 132 valence electrons. The standard InChI is InChI=1S/C16H24N4O3S/c1-3-5-12-13(24-18-17-12)14(21)20-7-4-6-16(20,2)15(22)19-8-10-23-11-9-19/h3-11H2,1-2H3/t16-/m1/s1. The fourth-order valence-corrected chi connectivity index (χ4v) is 4.17. The first-order valence-corrected chi connectivity index (χ1v) is 9.35. The predicted molar refractivity (Wildman–Crippen MR) is 90.0 cm³/mol. The normalized spacial score (nSPS) is 24.4. The second kappa shape index (κ2) is 7.14. The van der Waals surface area contributed by atoms with Crippen molar-refractivity contribution in [2.24, 2.45) is 0 Å². The number of morpholine rings is 1. The van der Waals surface area contributed by atoms with Crippen LogP contribution in [0.3, 0.4) is 0 Å². The predicted octanol–water partition coefficient (Wildman–Crippen LogP) is 1.34. The van der Waals surface area contributed by atoms with Crippen LogP contribution in [0.5, 0.6) is 0 Å². The Morgan fingerprint density at radius 3 is 2.75 bits per heavy atom. The second-order valence-electron chi connectivity index (χ2n) is 6.54. The first-order valence-electron chi connectivity index (χ1n) is 8.58. The van der Waals surface area contributed by atoms with Gasteiger partial charge in [0, 0.05) is 19.6 Å². The number of ether oxygens (including phenoxy) is 1. The molecule has 0 bridgehead atoms. The highest BCUT2D eigenvalue weighted by molar-refractivity contribution is 7.08. The van der Waals surface area contributed by atoms with E-state index in [1.165, 1.54) is 0 Å². The number of carbonyl (C=O) groups excluding carboxylic acids is 2. The Kier molecular flexibility index (Phi) is 5.15. The van der Waals surface area contributed by atoms with Crippen LogP contribution in [0.2, 0.25) is 0 Å². The molecule has 2 fully saturated rings. The topological polar surface area (TPSA) is 75.6 Å². The van der Waals surface area contributed by atoms with E-state index >= 15 is 0 Å². The molecule has 0 radical (unpaired) electrons. The second-order valence-corrected chi connectivity index (χ2v) is 7.29. The van der Waals surface area contributed by atoms with Gasteiger partial charge < -0.3 is 14.5 Å². The number of rotatable bonds is 4. The maximum atomic E-state index is 13.1. The Labute approximate surface area is 146 Å². The fraction of sp³-hybridized carbons (Fsp3) is 0.750. The minimum absolute atomic E-state index is 0.0335. The average molecular weight is 352 g/mol. The molecule has 1 atom stereocenters. The summed E-state index contributed by atoms with van der Waals surface area (Å²) in [6, 6.07) is 0. The molecule has 0 aromatic carbocycles. The number of hydrogen-bond donors (Lipinski definition) is 0. The molecule has 2 aliphatic rings. The van der Waals surface area contributed by atoms with Gasteiger partial charge in [0.1, 0.15) is 10.4 Å². The molecule has 2 amide bonds. The third-order valence-corrected chi connectivity index (χ3v) is 5.64. The van der Waals surface area contributed by atoms with Crippen LogP contribution in [-0.2, 0) is 16.0 Å². The Hall–Kier alpha value is -1.54. The van der Waals surface area contributed by atoms with Gasteiger partial charge in [0.25, 0.3) is 5.91 Å². The van der Waals surface area contributed by atoms with Crippen LogP contribution < -0.4 is 0 Å². The summed E-state index contributed by atoms with van der Waals surface area (Å²) >= 11 is 1.14. The lowest BCUT2D eigenvalue weighted by atomic mass is 9.96. The lowest BCUT2D eigenvalue weighted by molar-refractivity contribution is -0.144. The van der Waals surface area contributed by atoms with Gasteiger partial charge in [0.05, 0.1) is 18.9 Å². The maximum absolute atomic E-state index is 13.1. The highest BCUT2D eigenvalue weighted by Crippen LogP contribution is 2.33. The van der Waals surface area contributed by atoms with Gasteiger partial charge in [-0.1, -0.05) is 17.8 Å². The van der Waals surface area contributed by atoms with Crippen LogP contribution in [0.1, 0.15) is 48.5 Å². The van der Waals surface area contributed by atoms with E-state index in [9.17, 15) is 9.59 Å². The van der Waals surface area contributed by atoms with Crippen LogP contribution in [0.15, 0.2) is 0 Å². The monoisotopic (exact) mass is 352 g/mol. The number of hydrogen-bond acceptors (Lipinski definition) is 6. The SMILES string of the molecule is CCCc1nnsc1C(=O)N1CCC[C@]1(C)C(=O)N1CCOCC1. The highest BCUT2D eigenvalue weighted by Gasteiger charge is 2.48. The molecule has 8 heteroatoms. The Balaban J connectivity index is 1.82. The van der Waals surface area contributed by atoms with Crippen LogP contribution in [-0.4, -0.2) is 69.6 Å². The van der Waals surface area contributed by atoms with E-state index in [-0.39, 0.29) is 11.8 Å². The van der Waals surface area contributed by atoms with E-state index in [1.807, 2.05) is 11.8 Å². The van der Waals surface area contributed by atoms with Crippen molar-refractivity contribution in [1.82, 2.24) is 19.4 Å². The van der Waals surface area contributed by atoms with Crippen molar-refractivity contribution in [3.05, 3.63) is 10.6 Å². The summed E-state index contributed by atoms with van der Waals surface area (Å²) in [5.41, 5.74) is -0.0254. The highest BCUT2D eigenvalue weighted by atomic mass is 32.1. The molecule has 2 aliphatic heterocycles. The van der Waals surface area contributed by atoms with E-state index in [0.717, 1.165) is 36.5 Å². The van der Waals surface area contributed by atoms with Crippen molar-refractivity contribution in [3.63, 3.8) is 0 Å². The van der Waals surface area contributed by atoms with Crippen LogP contribution in [0.4, 0.5) is 0 Å². The molecule has 0 saturated carbocycles. The molecular formula is C16H24N4O3S. The van der Waals surface area contributed by atoms with Gasteiger partial charge >= 0.3 is 0 Å². The largest absolute Gasteiger partial charge is 0.378 e. The van der Waals surface area contributed by atoms with E-state index < -0.39 is 5.54 Å². The summed E-state index contributed by atoms with van der Waals surface area (Å²) in [6.45, 7) is 6.87. The van der Waals surface area contributed by atoms with E-state index in [1.54, 1.807) is 4.90 Å². The number of amides is 2. The lowest BCUT2D eigenvalue weighted by Gasteiger charge is -2.39. The zero-order valence-corrected chi connectivity index (χ0v) is 15.1. The molecular weight excluding hydrogens is 328 g/mol. The van der Waals surface area contributed by atoms with Crippen molar-refractivity contribution in [1.29, 1.82) is 0 Å². The molecule has 2 saturated heterocycles. The first kappa shape index (κ1) is 17.3. The Morgan fingerprint density at radius 2 is 2.04 bits per heavy atom. The number of nitrogens with zero attached hydrogens (tertiary/aromatic N) is 4. The fourth-order valence-electron chi connectivity index (χ4n) is 3.51. The molecule has 0 unspecified atom stereocenters. The smallest absolute Gasteiger partial charge is 0.268 e. The van der Waals surface area contributed by atoms with Gasteiger partial charge in [-0.05, 0) is 37.7 Å². The number of aromatic nitrogens is 2. The van der Waals surface area contributed by atoms with Gasteiger partial charge in [-0.15, -0.1) is 5.10 Å². The van der Waals surface area contributed by atoms with Crippen molar-refractivity contribution in [2.45, 2.75) is 45.1 Å². The summed E-state index contributed by atoms with van der Waals surface area (Å²) in [4.78, 5) is 30.3. The summed E-state index contributed by atoms with van der Waals surface area (Å²) in [6.07, 6.45) is 3.19. The zero-order valence-electron chi connectivity index (χ0n) is 14.3. The number of aryl methyl sites for hydroxylation is 1. The third kappa shape index (κ3) is 3.04. The van der Waals surface area contributed by atoms with Crippen molar-refractivity contribution in [3.8, 4) is 0 Å². The Morgan fingerprint density at radius 1 is 1.29 bits per heavy atom. The van der Waals surface area contributed by atoms with E-state index in [0.29, 0.717) is 44.1 Å². The minimum atomic E-state index is -0.776. The number of likely N-dealkylation sites (tertiary alicyclic amines) is 1. The summed E-state index contributed by atoms with van der Waals surface area (Å²) in [7, 11) is 0.